The zero-order valence-corrected chi connectivity index (χ0v) is 13.5. The number of esters is 1. The molecule has 0 saturated heterocycles. The number of hydrogen-bond donors (Lipinski definition) is 2. The summed E-state index contributed by atoms with van der Waals surface area (Å²) >= 11 is 0. The number of nitrogens with two attached hydrogens (primary N) is 1. The van der Waals surface area contributed by atoms with Gasteiger partial charge in [-0.3, -0.25) is 14.4 Å². The summed E-state index contributed by atoms with van der Waals surface area (Å²) in [6, 6.07) is 1.74. The molecular weight excluding hydrogens is 322 g/mol. The van der Waals surface area contributed by atoms with Gasteiger partial charge in [0.1, 0.15) is 17.7 Å². The predicted octanol–water partition coefficient (Wildman–Crippen LogP) is 1.07. The summed E-state index contributed by atoms with van der Waals surface area (Å²) < 4.78 is 31.2. The SMILES string of the molecule is CCOC(=O)[C@H](C)C[C@@H](NC(=O)Cc1ccc(F)cc1F)C(N)=O. The highest BCUT2D eigenvalue weighted by Gasteiger charge is 2.25. The van der Waals surface area contributed by atoms with Crippen LogP contribution in [0.2, 0.25) is 0 Å². The molecule has 2 atom stereocenters. The van der Waals surface area contributed by atoms with Crippen molar-refractivity contribution in [2.24, 2.45) is 11.7 Å². The maximum absolute atomic E-state index is 13.5. The van der Waals surface area contributed by atoms with Crippen molar-refractivity contribution in [1.29, 1.82) is 0 Å². The van der Waals surface area contributed by atoms with Crippen molar-refractivity contribution in [2.75, 3.05) is 6.61 Å². The van der Waals surface area contributed by atoms with Crippen molar-refractivity contribution in [2.45, 2.75) is 32.7 Å². The molecule has 0 aliphatic rings. The number of nitrogens with one attached hydrogen (secondary N) is 1. The second-order valence-corrected chi connectivity index (χ2v) is 5.32. The molecule has 0 heterocycles. The first-order chi connectivity index (χ1) is 11.2. The third-order valence-electron chi connectivity index (χ3n) is 3.32. The average Bonchev–Trinajstić information content (AvgIpc) is 2.49. The van der Waals surface area contributed by atoms with Crippen LogP contribution in [0.25, 0.3) is 0 Å². The number of rotatable bonds is 8. The highest BCUT2D eigenvalue weighted by Crippen LogP contribution is 2.12. The topological polar surface area (TPSA) is 98.5 Å². The van der Waals surface area contributed by atoms with E-state index in [4.69, 9.17) is 10.5 Å². The molecule has 0 bridgehead atoms. The third kappa shape index (κ3) is 5.94. The van der Waals surface area contributed by atoms with Gasteiger partial charge in [-0.15, -0.1) is 0 Å². The molecule has 24 heavy (non-hydrogen) atoms. The number of carbonyl (C=O) groups excluding carboxylic acids is 3. The van der Waals surface area contributed by atoms with E-state index in [-0.39, 0.29) is 25.0 Å². The average molecular weight is 342 g/mol. The highest BCUT2D eigenvalue weighted by atomic mass is 19.1. The molecule has 0 aliphatic heterocycles. The standard InChI is InChI=1S/C16H20F2N2O4/c1-3-24-16(23)9(2)6-13(15(19)22)20-14(21)7-10-4-5-11(17)8-12(10)18/h4-5,8-9,13H,3,6-7H2,1-2H3,(H2,19,22)(H,20,21)/t9-,13-/m1/s1. The van der Waals surface area contributed by atoms with E-state index >= 15 is 0 Å². The molecule has 0 saturated carbocycles. The zero-order valence-electron chi connectivity index (χ0n) is 13.5. The minimum absolute atomic E-state index is 0.0180. The van der Waals surface area contributed by atoms with E-state index in [1.807, 2.05) is 0 Å². The molecule has 2 amide bonds. The molecule has 1 aromatic rings. The fraction of sp³-hybridized carbons (Fsp3) is 0.438. The number of primary amides is 1. The number of carbonyl (C=O) groups is 3. The predicted molar refractivity (Wildman–Crippen MR) is 81.6 cm³/mol. The van der Waals surface area contributed by atoms with Crippen LogP contribution in [0.1, 0.15) is 25.8 Å². The molecular formula is C16H20F2N2O4. The van der Waals surface area contributed by atoms with Crippen LogP contribution < -0.4 is 11.1 Å². The molecule has 3 N–H and O–H groups in total. The lowest BCUT2D eigenvalue weighted by atomic mass is 10.0. The molecule has 132 valence electrons. The molecule has 0 aliphatic carbocycles. The maximum Gasteiger partial charge on any atom is 0.308 e. The third-order valence-corrected chi connectivity index (χ3v) is 3.32. The van der Waals surface area contributed by atoms with Crippen molar-refractivity contribution < 1.29 is 27.9 Å². The van der Waals surface area contributed by atoms with E-state index in [1.54, 1.807) is 13.8 Å². The van der Waals surface area contributed by atoms with Gasteiger partial charge in [0.2, 0.25) is 11.8 Å². The number of hydrogen-bond acceptors (Lipinski definition) is 4. The zero-order chi connectivity index (χ0) is 18.3. The van der Waals surface area contributed by atoms with E-state index in [0.717, 1.165) is 12.1 Å². The summed E-state index contributed by atoms with van der Waals surface area (Å²) in [5, 5.41) is 2.35. The van der Waals surface area contributed by atoms with Gasteiger partial charge in [-0.2, -0.15) is 0 Å². The number of amides is 2. The largest absolute Gasteiger partial charge is 0.466 e. The summed E-state index contributed by atoms with van der Waals surface area (Å²) in [6.45, 7) is 3.38. The number of halogens is 2. The minimum atomic E-state index is -1.10. The van der Waals surface area contributed by atoms with Gasteiger partial charge in [0.05, 0.1) is 18.9 Å². The smallest absolute Gasteiger partial charge is 0.308 e. The van der Waals surface area contributed by atoms with Crippen molar-refractivity contribution in [3.8, 4) is 0 Å². The Bertz CT molecular complexity index is 622. The van der Waals surface area contributed by atoms with E-state index in [9.17, 15) is 23.2 Å². The Morgan fingerprint density at radius 2 is 1.96 bits per heavy atom. The molecule has 0 fully saturated rings. The quantitative estimate of drug-likeness (QED) is 0.690. The van der Waals surface area contributed by atoms with Gasteiger partial charge in [0, 0.05) is 6.07 Å². The van der Waals surface area contributed by atoms with E-state index in [1.165, 1.54) is 0 Å². The molecule has 1 aromatic carbocycles. The van der Waals surface area contributed by atoms with Crippen LogP contribution in [0.15, 0.2) is 18.2 Å². The van der Waals surface area contributed by atoms with Gasteiger partial charge in [0.15, 0.2) is 0 Å². The Morgan fingerprint density at radius 3 is 2.50 bits per heavy atom. The summed E-state index contributed by atoms with van der Waals surface area (Å²) in [7, 11) is 0. The molecule has 0 spiro atoms. The second kappa shape index (κ2) is 8.95. The van der Waals surface area contributed by atoms with E-state index in [0.29, 0.717) is 6.07 Å². The van der Waals surface area contributed by atoms with Crippen LogP contribution in [0, 0.1) is 17.6 Å². The molecule has 1 rings (SSSR count). The van der Waals surface area contributed by atoms with Gasteiger partial charge in [-0.05, 0) is 25.0 Å². The highest BCUT2D eigenvalue weighted by molar-refractivity contribution is 5.88. The van der Waals surface area contributed by atoms with Crippen LogP contribution in [0.3, 0.4) is 0 Å². The summed E-state index contributed by atoms with van der Waals surface area (Å²) in [4.78, 5) is 35.0. The second-order valence-electron chi connectivity index (χ2n) is 5.32. The number of ether oxygens (including phenoxy) is 1. The van der Waals surface area contributed by atoms with Crippen molar-refractivity contribution in [3.63, 3.8) is 0 Å². The fourth-order valence-corrected chi connectivity index (χ4v) is 2.06. The molecule has 0 unspecified atom stereocenters. The Morgan fingerprint density at radius 1 is 1.29 bits per heavy atom. The van der Waals surface area contributed by atoms with Gasteiger partial charge >= 0.3 is 5.97 Å². The van der Waals surface area contributed by atoms with Gasteiger partial charge in [-0.25, -0.2) is 8.78 Å². The summed E-state index contributed by atoms with van der Waals surface area (Å²) in [6.07, 6.45) is -0.421. The normalized spacial score (nSPS) is 13.0. The Kier molecular flexibility index (Phi) is 7.29. The lowest BCUT2D eigenvalue weighted by Gasteiger charge is -2.19. The van der Waals surface area contributed by atoms with Gasteiger partial charge in [-0.1, -0.05) is 13.0 Å². The first kappa shape index (κ1) is 19.5. The van der Waals surface area contributed by atoms with E-state index < -0.39 is 41.4 Å². The van der Waals surface area contributed by atoms with Gasteiger partial charge < -0.3 is 15.8 Å². The minimum Gasteiger partial charge on any atom is -0.466 e. The fourth-order valence-electron chi connectivity index (χ4n) is 2.06. The summed E-state index contributed by atoms with van der Waals surface area (Å²) in [5.41, 5.74) is 5.20. The van der Waals surface area contributed by atoms with E-state index in [2.05, 4.69) is 5.32 Å². The monoisotopic (exact) mass is 342 g/mol. The van der Waals surface area contributed by atoms with Crippen LogP contribution >= 0.6 is 0 Å². The summed E-state index contributed by atoms with van der Waals surface area (Å²) in [5.74, 6) is -4.26. The van der Waals surface area contributed by atoms with Crippen molar-refractivity contribution in [3.05, 3.63) is 35.4 Å². The van der Waals surface area contributed by atoms with Crippen molar-refractivity contribution in [1.82, 2.24) is 5.32 Å². The van der Waals surface area contributed by atoms with Gasteiger partial charge in [0.25, 0.3) is 0 Å². The Hall–Kier alpha value is -2.51. The molecule has 8 heteroatoms. The lowest BCUT2D eigenvalue weighted by Crippen LogP contribution is -2.46. The first-order valence-corrected chi connectivity index (χ1v) is 7.43. The molecule has 0 radical (unpaired) electrons. The Labute approximate surface area is 138 Å². The molecule has 6 nitrogen and oxygen atoms in total. The van der Waals surface area contributed by atoms with Crippen LogP contribution in [-0.4, -0.2) is 30.4 Å². The lowest BCUT2D eigenvalue weighted by molar-refractivity contribution is -0.148. The van der Waals surface area contributed by atoms with Crippen molar-refractivity contribution >= 4 is 17.8 Å². The first-order valence-electron chi connectivity index (χ1n) is 7.43. The molecule has 0 aromatic heterocycles. The van der Waals surface area contributed by atoms with Crippen LogP contribution in [-0.2, 0) is 25.5 Å². The maximum atomic E-state index is 13.5. The Balaban J connectivity index is 2.69. The van der Waals surface area contributed by atoms with Crippen LogP contribution in [0.5, 0.6) is 0 Å². The van der Waals surface area contributed by atoms with Crippen LogP contribution in [0.4, 0.5) is 8.78 Å². The number of benzene rings is 1.